The lowest BCUT2D eigenvalue weighted by atomic mass is 9.88. The van der Waals surface area contributed by atoms with Gasteiger partial charge in [0.2, 0.25) is 0 Å². The van der Waals surface area contributed by atoms with Gasteiger partial charge in [-0.15, -0.1) is 0 Å². The molecule has 0 fully saturated rings. The lowest BCUT2D eigenvalue weighted by Gasteiger charge is -2.17. The first-order valence-corrected chi connectivity index (χ1v) is 5.39. The molecule has 0 aromatic rings. The van der Waals surface area contributed by atoms with Gasteiger partial charge in [0.15, 0.2) is 0 Å². The number of rotatable bonds is 7. The van der Waals surface area contributed by atoms with Crippen LogP contribution in [0, 0.1) is 11.8 Å². The van der Waals surface area contributed by atoms with Crippen LogP contribution in [0.4, 0.5) is 13.2 Å². The van der Waals surface area contributed by atoms with E-state index in [-0.39, 0.29) is 24.2 Å². The second-order valence-electron chi connectivity index (χ2n) is 4.27. The minimum absolute atomic E-state index is 0.0516. The Hall–Kier alpha value is -0.580. The quantitative estimate of drug-likeness (QED) is 0.639. The van der Waals surface area contributed by atoms with Gasteiger partial charge in [-0.1, -0.05) is 13.8 Å². The van der Waals surface area contributed by atoms with Crippen molar-refractivity contribution in [1.29, 1.82) is 0 Å². The van der Waals surface area contributed by atoms with Gasteiger partial charge in [-0.25, -0.2) is 0 Å². The molecule has 0 amide bonds. The van der Waals surface area contributed by atoms with Crippen LogP contribution < -0.4 is 0 Å². The minimum atomic E-state index is -4.27. The Bertz CT molecular complexity index is 212. The smallest absolute Gasteiger partial charge is 0.372 e. The molecule has 0 aliphatic rings. The van der Waals surface area contributed by atoms with E-state index in [1.54, 1.807) is 0 Å². The van der Waals surface area contributed by atoms with Gasteiger partial charge in [-0.3, -0.25) is 4.79 Å². The van der Waals surface area contributed by atoms with Gasteiger partial charge in [0.1, 0.15) is 12.4 Å². The zero-order valence-corrected chi connectivity index (χ0v) is 9.93. The lowest BCUT2D eigenvalue weighted by molar-refractivity contribution is -0.174. The van der Waals surface area contributed by atoms with E-state index in [1.807, 2.05) is 13.8 Å². The van der Waals surface area contributed by atoms with Gasteiger partial charge in [0, 0.05) is 12.5 Å². The molecule has 0 heterocycles. The molecule has 0 aliphatic carbocycles. The van der Waals surface area contributed by atoms with Gasteiger partial charge >= 0.3 is 6.18 Å². The highest BCUT2D eigenvalue weighted by molar-refractivity contribution is 5.78. The van der Waals surface area contributed by atoms with Crippen LogP contribution in [-0.2, 0) is 9.53 Å². The molecule has 0 saturated carbocycles. The fraction of sp³-hybridized carbons (Fsp3) is 0.909. The molecule has 96 valence electrons. The van der Waals surface area contributed by atoms with Crippen molar-refractivity contribution < 1.29 is 22.7 Å². The van der Waals surface area contributed by atoms with Crippen LogP contribution in [0.1, 0.15) is 33.6 Å². The largest absolute Gasteiger partial charge is 0.411 e. The summed E-state index contributed by atoms with van der Waals surface area (Å²) in [7, 11) is 0. The summed E-state index contributed by atoms with van der Waals surface area (Å²) in [4.78, 5) is 11.2. The van der Waals surface area contributed by atoms with Gasteiger partial charge in [0.25, 0.3) is 0 Å². The monoisotopic (exact) mass is 240 g/mol. The molecule has 1 atom stereocenters. The van der Waals surface area contributed by atoms with Crippen LogP contribution in [0.3, 0.4) is 0 Å². The van der Waals surface area contributed by atoms with Crippen molar-refractivity contribution in [2.45, 2.75) is 39.8 Å². The molecule has 0 N–H and O–H groups in total. The molecular weight excluding hydrogens is 221 g/mol. The predicted octanol–water partition coefficient (Wildman–Crippen LogP) is 3.21. The topological polar surface area (TPSA) is 26.3 Å². The fourth-order valence-electron chi connectivity index (χ4n) is 1.60. The second kappa shape index (κ2) is 6.89. The fourth-order valence-corrected chi connectivity index (χ4v) is 1.60. The molecule has 2 nitrogen and oxygen atoms in total. The number of hydrogen-bond acceptors (Lipinski definition) is 2. The number of halogens is 3. The van der Waals surface area contributed by atoms with E-state index in [4.69, 9.17) is 0 Å². The highest BCUT2D eigenvalue weighted by atomic mass is 19.4. The summed E-state index contributed by atoms with van der Waals surface area (Å²) >= 11 is 0. The van der Waals surface area contributed by atoms with E-state index in [1.165, 1.54) is 6.92 Å². The zero-order chi connectivity index (χ0) is 12.8. The van der Waals surface area contributed by atoms with Crippen LogP contribution in [0.25, 0.3) is 0 Å². The lowest BCUT2D eigenvalue weighted by Crippen LogP contribution is -2.20. The molecule has 0 saturated heterocycles. The van der Waals surface area contributed by atoms with Gasteiger partial charge < -0.3 is 4.74 Å². The van der Waals surface area contributed by atoms with Crippen molar-refractivity contribution in [1.82, 2.24) is 0 Å². The molecule has 5 heteroatoms. The van der Waals surface area contributed by atoms with Gasteiger partial charge in [-0.2, -0.15) is 13.2 Å². The average molecular weight is 240 g/mol. The van der Waals surface area contributed by atoms with E-state index in [2.05, 4.69) is 4.74 Å². The van der Waals surface area contributed by atoms with Crippen molar-refractivity contribution in [3.63, 3.8) is 0 Å². The summed E-state index contributed by atoms with van der Waals surface area (Å²) in [6.07, 6.45) is -3.19. The first kappa shape index (κ1) is 15.4. The van der Waals surface area contributed by atoms with Crippen molar-refractivity contribution in [2.75, 3.05) is 13.2 Å². The van der Waals surface area contributed by atoms with Crippen molar-refractivity contribution in [3.05, 3.63) is 0 Å². The minimum Gasteiger partial charge on any atom is -0.372 e. The Morgan fingerprint density at radius 3 is 2.25 bits per heavy atom. The standard InChI is InChI=1S/C11H19F3O2/c1-8(2)10(9(3)15)5-4-6-16-7-11(12,13)14/h8,10H,4-7H2,1-3H3. The third-order valence-electron chi connectivity index (χ3n) is 2.40. The molecule has 1 unspecified atom stereocenters. The summed E-state index contributed by atoms with van der Waals surface area (Å²) in [6.45, 7) is 4.22. The Morgan fingerprint density at radius 2 is 1.88 bits per heavy atom. The van der Waals surface area contributed by atoms with Crippen molar-refractivity contribution in [2.24, 2.45) is 11.8 Å². The molecular formula is C11H19F3O2. The first-order chi connectivity index (χ1) is 7.24. The van der Waals surface area contributed by atoms with Crippen LogP contribution in [-0.4, -0.2) is 25.2 Å². The zero-order valence-electron chi connectivity index (χ0n) is 9.93. The Morgan fingerprint density at radius 1 is 1.31 bits per heavy atom. The van der Waals surface area contributed by atoms with E-state index in [9.17, 15) is 18.0 Å². The number of carbonyl (C=O) groups is 1. The molecule has 0 spiro atoms. The van der Waals surface area contributed by atoms with E-state index < -0.39 is 12.8 Å². The first-order valence-electron chi connectivity index (χ1n) is 5.39. The number of Topliss-reactive ketones (excluding diaryl/α,β-unsaturated/α-hetero) is 1. The Kier molecular flexibility index (Phi) is 6.64. The number of ether oxygens (including phenoxy) is 1. The van der Waals surface area contributed by atoms with Crippen LogP contribution in [0.2, 0.25) is 0 Å². The third kappa shape index (κ3) is 7.68. The summed E-state index contributed by atoms with van der Waals surface area (Å²) < 4.78 is 39.6. The van der Waals surface area contributed by atoms with E-state index in [0.29, 0.717) is 12.8 Å². The Labute approximate surface area is 94.2 Å². The van der Waals surface area contributed by atoms with Gasteiger partial charge in [-0.05, 0) is 25.7 Å². The molecule has 0 rings (SSSR count). The highest BCUT2D eigenvalue weighted by Crippen LogP contribution is 2.19. The number of alkyl halides is 3. The molecule has 0 radical (unpaired) electrons. The molecule has 0 aromatic carbocycles. The van der Waals surface area contributed by atoms with E-state index in [0.717, 1.165) is 0 Å². The summed E-state index contributed by atoms with van der Waals surface area (Å²) in [5, 5.41) is 0. The second-order valence-corrected chi connectivity index (χ2v) is 4.27. The van der Waals surface area contributed by atoms with Crippen LogP contribution in [0.5, 0.6) is 0 Å². The summed E-state index contributed by atoms with van der Waals surface area (Å²) in [6, 6.07) is 0. The number of hydrogen-bond donors (Lipinski definition) is 0. The Balaban J connectivity index is 3.68. The normalized spacial score (nSPS) is 14.2. The van der Waals surface area contributed by atoms with Crippen molar-refractivity contribution in [3.8, 4) is 0 Å². The molecule has 16 heavy (non-hydrogen) atoms. The predicted molar refractivity (Wildman–Crippen MR) is 55.1 cm³/mol. The number of ketones is 1. The molecule has 0 bridgehead atoms. The van der Waals surface area contributed by atoms with E-state index >= 15 is 0 Å². The average Bonchev–Trinajstić information content (AvgIpc) is 2.07. The molecule has 0 aliphatic heterocycles. The third-order valence-corrected chi connectivity index (χ3v) is 2.40. The highest BCUT2D eigenvalue weighted by Gasteiger charge is 2.27. The maximum atomic E-state index is 11.7. The van der Waals surface area contributed by atoms with Crippen molar-refractivity contribution >= 4 is 5.78 Å². The van der Waals surface area contributed by atoms with Crippen LogP contribution >= 0.6 is 0 Å². The van der Waals surface area contributed by atoms with Gasteiger partial charge in [0.05, 0.1) is 0 Å². The maximum Gasteiger partial charge on any atom is 0.411 e. The molecule has 0 aromatic heterocycles. The summed E-state index contributed by atoms with van der Waals surface area (Å²) in [5.41, 5.74) is 0. The SMILES string of the molecule is CC(=O)C(CCCOCC(F)(F)F)C(C)C. The van der Waals surface area contributed by atoms with Crippen LogP contribution in [0.15, 0.2) is 0 Å². The summed E-state index contributed by atoms with van der Waals surface area (Å²) in [5.74, 6) is 0.237. The number of carbonyl (C=O) groups excluding carboxylic acids is 1. The maximum absolute atomic E-state index is 11.7.